The summed E-state index contributed by atoms with van der Waals surface area (Å²) in [6, 6.07) is 25.5. The van der Waals surface area contributed by atoms with E-state index in [0.717, 1.165) is 44.5 Å². The molecule has 0 aliphatic carbocycles. The monoisotopic (exact) mass is 461 g/mol. The molecule has 2 heterocycles. The molecule has 6 N–H and O–H groups in total. The second-order valence-corrected chi connectivity index (χ2v) is 8.58. The van der Waals surface area contributed by atoms with Gasteiger partial charge in [-0.15, -0.1) is 0 Å². The lowest BCUT2D eigenvalue weighted by Crippen LogP contribution is -2.15. The number of aliphatic hydroxyl groups is 1. The summed E-state index contributed by atoms with van der Waals surface area (Å²) in [5.41, 5.74) is 14.2. The Balaban J connectivity index is 1.66. The number of anilines is 2. The van der Waals surface area contributed by atoms with Gasteiger partial charge in [0.05, 0.1) is 35.7 Å². The van der Waals surface area contributed by atoms with E-state index in [1.165, 1.54) is 0 Å². The molecule has 2 aromatic heterocycles. The highest BCUT2D eigenvalue weighted by atomic mass is 16.3. The summed E-state index contributed by atoms with van der Waals surface area (Å²) in [6.45, 7) is 1.68. The van der Waals surface area contributed by atoms with Crippen molar-refractivity contribution in [1.29, 1.82) is 5.41 Å². The molecule has 0 bridgehead atoms. The molecule has 5 aromatic rings. The molecule has 1 atom stereocenters. The van der Waals surface area contributed by atoms with Crippen LogP contribution in [0, 0.1) is 5.41 Å². The van der Waals surface area contributed by atoms with E-state index < -0.39 is 0 Å². The van der Waals surface area contributed by atoms with Crippen LogP contribution in [0.15, 0.2) is 91.3 Å². The van der Waals surface area contributed by atoms with Crippen molar-refractivity contribution >= 4 is 28.0 Å². The minimum Gasteiger partial charge on any atom is -0.398 e. The van der Waals surface area contributed by atoms with E-state index in [4.69, 9.17) is 16.1 Å². The summed E-state index contributed by atoms with van der Waals surface area (Å²) in [5, 5.41) is 22.7. The Labute approximate surface area is 204 Å². The molecule has 6 nitrogen and oxygen atoms in total. The molecule has 0 aliphatic rings. The summed E-state index contributed by atoms with van der Waals surface area (Å²) >= 11 is 0. The molecule has 0 saturated carbocycles. The first kappa shape index (κ1) is 22.4. The van der Waals surface area contributed by atoms with Crippen LogP contribution in [0.25, 0.3) is 33.3 Å². The number of benzene rings is 3. The van der Waals surface area contributed by atoms with Gasteiger partial charge in [0, 0.05) is 39.7 Å². The lowest BCUT2D eigenvalue weighted by molar-refractivity contribution is 0.276. The van der Waals surface area contributed by atoms with Crippen molar-refractivity contribution in [3.63, 3.8) is 0 Å². The van der Waals surface area contributed by atoms with E-state index in [0.29, 0.717) is 17.0 Å². The van der Waals surface area contributed by atoms with Crippen LogP contribution in [0.3, 0.4) is 0 Å². The predicted octanol–water partition coefficient (Wildman–Crippen LogP) is 6.01. The van der Waals surface area contributed by atoms with Crippen LogP contribution in [0.2, 0.25) is 0 Å². The average molecular weight is 462 g/mol. The molecule has 1 unspecified atom stereocenters. The first-order valence-electron chi connectivity index (χ1n) is 11.5. The highest BCUT2D eigenvalue weighted by Crippen LogP contribution is 2.37. The number of fused-ring (bicyclic) bond motifs is 1. The molecular weight excluding hydrogens is 434 g/mol. The number of aliphatic hydroxyl groups excluding tert-OH is 1. The Morgan fingerprint density at radius 3 is 2.63 bits per heavy atom. The lowest BCUT2D eigenvalue weighted by Gasteiger charge is -2.20. The van der Waals surface area contributed by atoms with E-state index in [1.807, 2.05) is 72.9 Å². The minimum absolute atomic E-state index is 0.0537. The number of rotatable bonds is 7. The van der Waals surface area contributed by atoms with E-state index in [2.05, 4.69) is 22.4 Å². The van der Waals surface area contributed by atoms with Gasteiger partial charge in [-0.25, -0.2) is 0 Å². The van der Waals surface area contributed by atoms with Crippen LogP contribution in [-0.4, -0.2) is 27.4 Å². The number of aromatic nitrogens is 2. The first-order chi connectivity index (χ1) is 17.0. The van der Waals surface area contributed by atoms with Gasteiger partial charge in [0.15, 0.2) is 0 Å². The Kier molecular flexibility index (Phi) is 6.04. The van der Waals surface area contributed by atoms with Gasteiger partial charge in [-0.05, 0) is 42.3 Å². The van der Waals surface area contributed by atoms with Crippen molar-refractivity contribution < 1.29 is 5.11 Å². The van der Waals surface area contributed by atoms with Crippen LogP contribution >= 0.6 is 0 Å². The van der Waals surface area contributed by atoms with Crippen molar-refractivity contribution in [3.05, 3.63) is 102 Å². The second kappa shape index (κ2) is 9.44. The zero-order chi connectivity index (χ0) is 24.4. The average Bonchev–Trinajstić information content (AvgIpc) is 3.37. The van der Waals surface area contributed by atoms with Crippen molar-refractivity contribution in [2.45, 2.75) is 13.0 Å². The standard InChI is InChI=1S/C29H27N5O/c1-18(30)24-14-21(10-11-26(24)31)25-15-22(34-27(17-35)19-6-3-2-4-7-19)16-33-29(25)23-9-5-8-20-12-13-32-28(20)23/h2-16,27,30,32,34-35H,17,31H2,1H3. The summed E-state index contributed by atoms with van der Waals surface area (Å²) in [5.74, 6) is 0. The maximum atomic E-state index is 10.1. The molecule has 6 heteroatoms. The molecule has 0 aliphatic heterocycles. The first-order valence-corrected chi connectivity index (χ1v) is 11.5. The summed E-state index contributed by atoms with van der Waals surface area (Å²) in [7, 11) is 0. The molecule has 3 aromatic carbocycles. The number of para-hydroxylation sites is 1. The lowest BCUT2D eigenvalue weighted by atomic mass is 9.95. The fourth-order valence-corrected chi connectivity index (χ4v) is 4.43. The highest BCUT2D eigenvalue weighted by molar-refractivity contribution is 6.03. The third-order valence-electron chi connectivity index (χ3n) is 6.22. The number of pyridine rings is 1. The van der Waals surface area contributed by atoms with Gasteiger partial charge < -0.3 is 26.6 Å². The Morgan fingerprint density at radius 2 is 1.86 bits per heavy atom. The normalized spacial score (nSPS) is 11.9. The third-order valence-corrected chi connectivity index (χ3v) is 6.22. The molecular formula is C29H27N5O. The Hall–Kier alpha value is -4.42. The number of hydrogen-bond acceptors (Lipinski definition) is 5. The second-order valence-electron chi connectivity index (χ2n) is 8.58. The van der Waals surface area contributed by atoms with Gasteiger partial charge in [-0.3, -0.25) is 4.98 Å². The molecule has 174 valence electrons. The number of H-pyrrole nitrogens is 1. The van der Waals surface area contributed by atoms with Gasteiger partial charge in [0.25, 0.3) is 0 Å². The van der Waals surface area contributed by atoms with Crippen LogP contribution in [0.1, 0.15) is 24.1 Å². The van der Waals surface area contributed by atoms with Gasteiger partial charge in [-0.1, -0.05) is 54.6 Å². The molecule has 0 radical (unpaired) electrons. The highest BCUT2D eigenvalue weighted by Gasteiger charge is 2.17. The zero-order valence-corrected chi connectivity index (χ0v) is 19.4. The molecule has 0 spiro atoms. The number of aromatic amines is 1. The minimum atomic E-state index is -0.269. The van der Waals surface area contributed by atoms with Gasteiger partial charge in [-0.2, -0.15) is 0 Å². The Bertz CT molecular complexity index is 1510. The number of nitrogens with zero attached hydrogens (tertiary/aromatic N) is 1. The smallest absolute Gasteiger partial charge is 0.0803 e. The zero-order valence-electron chi connectivity index (χ0n) is 19.4. The number of nitrogen functional groups attached to an aromatic ring is 1. The topological polar surface area (TPSA) is 111 Å². The molecule has 0 amide bonds. The van der Waals surface area contributed by atoms with E-state index >= 15 is 0 Å². The summed E-state index contributed by atoms with van der Waals surface area (Å²) < 4.78 is 0. The fraction of sp³-hybridized carbons (Fsp3) is 0.103. The largest absolute Gasteiger partial charge is 0.398 e. The van der Waals surface area contributed by atoms with Crippen LogP contribution in [0.4, 0.5) is 11.4 Å². The summed E-state index contributed by atoms with van der Waals surface area (Å²) in [4.78, 5) is 8.22. The van der Waals surface area contributed by atoms with Crippen molar-refractivity contribution in [1.82, 2.24) is 9.97 Å². The molecule has 35 heavy (non-hydrogen) atoms. The maximum Gasteiger partial charge on any atom is 0.0803 e. The van der Waals surface area contributed by atoms with E-state index in [9.17, 15) is 5.11 Å². The molecule has 5 rings (SSSR count). The maximum absolute atomic E-state index is 10.1. The van der Waals surface area contributed by atoms with Crippen molar-refractivity contribution in [3.8, 4) is 22.4 Å². The van der Waals surface area contributed by atoms with E-state index in [1.54, 1.807) is 13.1 Å². The SMILES string of the molecule is CC(=N)c1cc(-c2cc(NC(CO)c3ccccc3)cnc2-c2cccc3cc[nH]c23)ccc1N. The predicted molar refractivity (Wildman–Crippen MR) is 144 cm³/mol. The Morgan fingerprint density at radius 1 is 1.03 bits per heavy atom. The number of nitrogens with two attached hydrogens (primary N) is 1. The van der Waals surface area contributed by atoms with E-state index in [-0.39, 0.29) is 12.6 Å². The fourth-order valence-electron chi connectivity index (χ4n) is 4.43. The van der Waals surface area contributed by atoms with Crippen LogP contribution in [0.5, 0.6) is 0 Å². The van der Waals surface area contributed by atoms with Gasteiger partial charge in [0.1, 0.15) is 0 Å². The van der Waals surface area contributed by atoms with Crippen molar-refractivity contribution in [2.75, 3.05) is 17.7 Å². The molecule has 0 fully saturated rings. The summed E-state index contributed by atoms with van der Waals surface area (Å²) in [6.07, 6.45) is 3.72. The quantitative estimate of drug-likeness (QED) is 0.151. The van der Waals surface area contributed by atoms with Gasteiger partial charge in [0.2, 0.25) is 0 Å². The number of hydrogen-bond donors (Lipinski definition) is 5. The van der Waals surface area contributed by atoms with Crippen LogP contribution < -0.4 is 11.1 Å². The third kappa shape index (κ3) is 4.39. The van der Waals surface area contributed by atoms with Gasteiger partial charge >= 0.3 is 0 Å². The van der Waals surface area contributed by atoms with Crippen molar-refractivity contribution in [2.24, 2.45) is 0 Å². The number of nitrogens with one attached hydrogen (secondary N) is 3. The van der Waals surface area contributed by atoms with Crippen LogP contribution in [-0.2, 0) is 0 Å². The molecule has 0 saturated heterocycles.